The van der Waals surface area contributed by atoms with Crippen molar-refractivity contribution in [1.82, 2.24) is 10.3 Å². The minimum atomic E-state index is -0.190. The highest BCUT2D eigenvalue weighted by molar-refractivity contribution is 5.93. The van der Waals surface area contributed by atoms with E-state index < -0.39 is 0 Å². The number of carbonyl (C=O) groups excluding carboxylic acids is 1. The molecule has 6 nitrogen and oxygen atoms in total. The van der Waals surface area contributed by atoms with Gasteiger partial charge in [-0.2, -0.15) is 0 Å². The van der Waals surface area contributed by atoms with Crippen molar-refractivity contribution in [2.75, 3.05) is 26.1 Å². The van der Waals surface area contributed by atoms with Gasteiger partial charge in [0.05, 0.1) is 19.9 Å². The Labute approximate surface area is 142 Å². The van der Waals surface area contributed by atoms with Crippen molar-refractivity contribution in [2.45, 2.75) is 13.8 Å². The summed E-state index contributed by atoms with van der Waals surface area (Å²) in [5, 5.41) is 6.09. The molecule has 0 saturated heterocycles. The molecular weight excluding hydrogens is 306 g/mol. The average molecular weight is 329 g/mol. The largest absolute Gasteiger partial charge is 0.497 e. The molecule has 0 aliphatic carbocycles. The maximum atomic E-state index is 12.1. The predicted molar refractivity (Wildman–Crippen MR) is 94.2 cm³/mol. The third-order valence-electron chi connectivity index (χ3n) is 3.35. The second kappa shape index (κ2) is 8.19. The number of nitrogens with zero attached hydrogens (tertiary/aromatic N) is 1. The van der Waals surface area contributed by atoms with E-state index in [0.29, 0.717) is 29.7 Å². The van der Waals surface area contributed by atoms with E-state index in [2.05, 4.69) is 15.6 Å². The van der Waals surface area contributed by atoms with E-state index in [1.807, 2.05) is 32.0 Å². The summed E-state index contributed by atoms with van der Waals surface area (Å²) in [7, 11) is 3.21. The zero-order valence-electron chi connectivity index (χ0n) is 14.4. The van der Waals surface area contributed by atoms with Gasteiger partial charge in [0.25, 0.3) is 5.91 Å². The molecule has 0 radical (unpaired) electrons. The van der Waals surface area contributed by atoms with Crippen LogP contribution < -0.4 is 20.1 Å². The average Bonchev–Trinajstić information content (AvgIpc) is 2.59. The first kappa shape index (κ1) is 17.6. The Morgan fingerprint density at radius 3 is 2.62 bits per heavy atom. The quantitative estimate of drug-likeness (QED) is 0.816. The van der Waals surface area contributed by atoms with Gasteiger partial charge in [0.1, 0.15) is 17.2 Å². The summed E-state index contributed by atoms with van der Waals surface area (Å²) in [5.41, 5.74) is 1.85. The normalized spacial score (nSPS) is 10.4. The first-order valence-electron chi connectivity index (χ1n) is 7.76. The van der Waals surface area contributed by atoms with Gasteiger partial charge < -0.3 is 20.1 Å². The van der Waals surface area contributed by atoms with Crippen molar-refractivity contribution in [3.8, 4) is 11.5 Å². The van der Waals surface area contributed by atoms with E-state index in [1.54, 1.807) is 32.5 Å². The number of anilines is 2. The molecule has 1 heterocycles. The number of amides is 1. The Morgan fingerprint density at radius 2 is 1.96 bits per heavy atom. The van der Waals surface area contributed by atoms with E-state index >= 15 is 0 Å². The summed E-state index contributed by atoms with van der Waals surface area (Å²) in [6.45, 7) is 4.70. The van der Waals surface area contributed by atoms with Crippen molar-refractivity contribution in [3.63, 3.8) is 0 Å². The molecule has 0 bridgehead atoms. The van der Waals surface area contributed by atoms with Crippen LogP contribution in [0.4, 0.5) is 11.4 Å². The lowest BCUT2D eigenvalue weighted by atomic mass is 10.2. The molecule has 128 valence electrons. The van der Waals surface area contributed by atoms with Crippen molar-refractivity contribution >= 4 is 17.3 Å². The number of pyridine rings is 1. The number of hydrogen-bond donors (Lipinski definition) is 2. The van der Waals surface area contributed by atoms with Crippen molar-refractivity contribution < 1.29 is 14.3 Å². The minimum absolute atomic E-state index is 0.190. The van der Waals surface area contributed by atoms with Crippen LogP contribution in [0.25, 0.3) is 0 Å². The smallest absolute Gasteiger partial charge is 0.269 e. The Kier molecular flexibility index (Phi) is 6.01. The molecule has 0 unspecified atom stereocenters. The first-order chi connectivity index (χ1) is 11.5. The summed E-state index contributed by atoms with van der Waals surface area (Å²) in [4.78, 5) is 16.3. The SMILES string of the molecule is COc1ccc(OC)c(Nc2ccnc(C(=O)NCC(C)C)c2)c1. The van der Waals surface area contributed by atoms with E-state index in [-0.39, 0.29) is 5.91 Å². The van der Waals surface area contributed by atoms with Crippen molar-refractivity contribution in [2.24, 2.45) is 5.92 Å². The number of methoxy groups -OCH3 is 2. The third kappa shape index (κ3) is 4.62. The van der Waals surface area contributed by atoms with Gasteiger partial charge in [-0.05, 0) is 30.2 Å². The Balaban J connectivity index is 2.19. The van der Waals surface area contributed by atoms with Crippen LogP contribution in [0.5, 0.6) is 11.5 Å². The third-order valence-corrected chi connectivity index (χ3v) is 3.35. The molecule has 0 spiro atoms. The maximum Gasteiger partial charge on any atom is 0.269 e. The molecule has 1 aromatic heterocycles. The van der Waals surface area contributed by atoms with Gasteiger partial charge in [0.15, 0.2) is 0 Å². The van der Waals surface area contributed by atoms with Crippen LogP contribution in [0.3, 0.4) is 0 Å². The van der Waals surface area contributed by atoms with Crippen LogP contribution >= 0.6 is 0 Å². The molecule has 0 saturated carbocycles. The number of benzene rings is 1. The fourth-order valence-corrected chi connectivity index (χ4v) is 2.09. The number of aromatic nitrogens is 1. The second-order valence-electron chi connectivity index (χ2n) is 5.72. The van der Waals surface area contributed by atoms with Gasteiger partial charge in [0, 0.05) is 24.5 Å². The highest BCUT2D eigenvalue weighted by atomic mass is 16.5. The van der Waals surface area contributed by atoms with Crippen LogP contribution in [-0.2, 0) is 0 Å². The van der Waals surface area contributed by atoms with Gasteiger partial charge in [-0.25, -0.2) is 0 Å². The van der Waals surface area contributed by atoms with Crippen molar-refractivity contribution in [3.05, 3.63) is 42.2 Å². The fraction of sp³-hybridized carbons (Fsp3) is 0.333. The molecule has 0 atom stereocenters. The number of hydrogen-bond acceptors (Lipinski definition) is 5. The Hall–Kier alpha value is -2.76. The molecule has 1 amide bonds. The molecule has 1 aromatic carbocycles. The molecule has 24 heavy (non-hydrogen) atoms. The second-order valence-corrected chi connectivity index (χ2v) is 5.72. The molecule has 2 rings (SSSR count). The predicted octanol–water partition coefficient (Wildman–Crippen LogP) is 3.23. The maximum absolute atomic E-state index is 12.1. The van der Waals surface area contributed by atoms with E-state index in [4.69, 9.17) is 9.47 Å². The standard InChI is InChI=1S/C18H23N3O3/c1-12(2)11-20-18(22)16-9-13(7-8-19-16)21-15-10-14(23-3)5-6-17(15)24-4/h5-10,12H,11H2,1-4H3,(H,19,21)(H,20,22). The lowest BCUT2D eigenvalue weighted by molar-refractivity contribution is 0.0944. The molecule has 2 aromatic rings. The van der Waals surface area contributed by atoms with Gasteiger partial charge in [-0.3, -0.25) is 9.78 Å². The molecular formula is C18H23N3O3. The molecule has 0 aliphatic rings. The number of nitrogens with one attached hydrogen (secondary N) is 2. The summed E-state index contributed by atoms with van der Waals surface area (Å²) in [6.07, 6.45) is 1.60. The summed E-state index contributed by atoms with van der Waals surface area (Å²) >= 11 is 0. The van der Waals surface area contributed by atoms with Crippen LogP contribution in [0, 0.1) is 5.92 Å². The lowest BCUT2D eigenvalue weighted by Gasteiger charge is -2.13. The summed E-state index contributed by atoms with van der Waals surface area (Å²) in [5.74, 6) is 1.59. The number of rotatable bonds is 7. The van der Waals surface area contributed by atoms with Gasteiger partial charge in [-0.1, -0.05) is 13.8 Å². The van der Waals surface area contributed by atoms with E-state index in [1.165, 1.54) is 0 Å². The van der Waals surface area contributed by atoms with Crippen molar-refractivity contribution in [1.29, 1.82) is 0 Å². The monoisotopic (exact) mass is 329 g/mol. The van der Waals surface area contributed by atoms with Gasteiger partial charge in [-0.15, -0.1) is 0 Å². The molecule has 6 heteroatoms. The van der Waals surface area contributed by atoms with Crippen LogP contribution in [0.2, 0.25) is 0 Å². The van der Waals surface area contributed by atoms with E-state index in [9.17, 15) is 4.79 Å². The lowest BCUT2D eigenvalue weighted by Crippen LogP contribution is -2.28. The summed E-state index contributed by atoms with van der Waals surface area (Å²) in [6, 6.07) is 8.96. The first-order valence-corrected chi connectivity index (χ1v) is 7.76. The van der Waals surface area contributed by atoms with Crippen LogP contribution in [0.1, 0.15) is 24.3 Å². The van der Waals surface area contributed by atoms with Gasteiger partial charge >= 0.3 is 0 Å². The zero-order chi connectivity index (χ0) is 17.5. The molecule has 0 aliphatic heterocycles. The highest BCUT2D eigenvalue weighted by Gasteiger charge is 2.10. The van der Waals surface area contributed by atoms with Crippen LogP contribution in [-0.4, -0.2) is 31.7 Å². The van der Waals surface area contributed by atoms with E-state index in [0.717, 1.165) is 11.4 Å². The highest BCUT2D eigenvalue weighted by Crippen LogP contribution is 2.31. The molecule has 2 N–H and O–H groups in total. The Bertz CT molecular complexity index is 702. The minimum Gasteiger partial charge on any atom is -0.497 e. The van der Waals surface area contributed by atoms with Gasteiger partial charge in [0.2, 0.25) is 0 Å². The van der Waals surface area contributed by atoms with Crippen LogP contribution in [0.15, 0.2) is 36.5 Å². The zero-order valence-corrected chi connectivity index (χ0v) is 14.4. The molecule has 0 fully saturated rings. The Morgan fingerprint density at radius 1 is 1.17 bits per heavy atom. The topological polar surface area (TPSA) is 72.5 Å². The number of carbonyl (C=O) groups is 1. The fourth-order valence-electron chi connectivity index (χ4n) is 2.09. The number of ether oxygens (including phenoxy) is 2. The summed E-state index contributed by atoms with van der Waals surface area (Å²) < 4.78 is 10.6.